The van der Waals surface area contributed by atoms with Gasteiger partial charge in [0.1, 0.15) is 22.9 Å². The third-order valence-corrected chi connectivity index (χ3v) is 5.67. The van der Waals surface area contributed by atoms with Crippen LogP contribution in [0.2, 0.25) is 0 Å². The molecule has 0 spiro atoms. The van der Waals surface area contributed by atoms with Crippen LogP contribution in [0.25, 0.3) is 33.8 Å². The van der Waals surface area contributed by atoms with Gasteiger partial charge in [0.2, 0.25) is 5.82 Å². The minimum atomic E-state index is -0.689. The Labute approximate surface area is 197 Å². The van der Waals surface area contributed by atoms with Crippen molar-refractivity contribution in [2.75, 3.05) is 5.32 Å². The summed E-state index contributed by atoms with van der Waals surface area (Å²) in [6, 6.07) is 8.13. The Bertz CT molecular complexity index is 1690. The Morgan fingerprint density at radius 3 is 2.71 bits per heavy atom. The zero-order valence-corrected chi connectivity index (χ0v) is 19.0. The van der Waals surface area contributed by atoms with Crippen molar-refractivity contribution in [3.63, 3.8) is 0 Å². The Hall–Kier alpha value is -4.60. The van der Waals surface area contributed by atoms with Crippen molar-refractivity contribution in [3.05, 3.63) is 92.2 Å². The van der Waals surface area contributed by atoms with Gasteiger partial charge in [0.25, 0.3) is 0 Å². The molecular formula is C25H20FN5O4. The summed E-state index contributed by atoms with van der Waals surface area (Å²) in [4.78, 5) is 35.4. The van der Waals surface area contributed by atoms with E-state index in [0.29, 0.717) is 39.0 Å². The van der Waals surface area contributed by atoms with Crippen molar-refractivity contribution in [1.29, 1.82) is 0 Å². The molecule has 0 saturated carbocycles. The molecule has 176 valence electrons. The number of aromatic amines is 1. The number of halogens is 1. The summed E-state index contributed by atoms with van der Waals surface area (Å²) in [5, 5.41) is 7.50. The summed E-state index contributed by atoms with van der Waals surface area (Å²) in [6.45, 7) is 5.44. The summed E-state index contributed by atoms with van der Waals surface area (Å²) in [5.74, 6) is -0.777. The van der Waals surface area contributed by atoms with Gasteiger partial charge in [-0.05, 0) is 50.6 Å². The lowest BCUT2D eigenvalue weighted by Gasteiger charge is -2.19. The number of benzene rings is 1. The molecule has 0 aliphatic rings. The second kappa shape index (κ2) is 8.64. The Kier molecular flexibility index (Phi) is 5.48. The van der Waals surface area contributed by atoms with Crippen LogP contribution in [0.1, 0.15) is 29.7 Å². The van der Waals surface area contributed by atoms with Gasteiger partial charge in [-0.2, -0.15) is 0 Å². The topological polar surface area (TPSA) is 127 Å². The second-order valence-corrected chi connectivity index (χ2v) is 8.22. The van der Waals surface area contributed by atoms with Crippen LogP contribution in [0.3, 0.4) is 0 Å². The number of aryl methyl sites for hydroxylation is 1. The largest absolute Gasteiger partial charge is 0.455 e. The van der Waals surface area contributed by atoms with Crippen LogP contribution in [0, 0.1) is 19.7 Å². The first-order valence-electron chi connectivity index (χ1n) is 10.8. The van der Waals surface area contributed by atoms with Crippen LogP contribution in [0.5, 0.6) is 0 Å². The van der Waals surface area contributed by atoms with Crippen molar-refractivity contribution < 1.29 is 13.3 Å². The molecule has 0 radical (unpaired) electrons. The molecule has 0 fully saturated rings. The number of fused-ring (bicyclic) bond motifs is 1. The molecule has 5 rings (SSSR count). The number of hydrogen-bond donors (Lipinski definition) is 2. The average Bonchev–Trinajstić information content (AvgIpc) is 3.27. The number of nitrogens with zero attached hydrogens (tertiary/aromatic N) is 3. The van der Waals surface area contributed by atoms with Crippen molar-refractivity contribution in [1.82, 2.24) is 20.1 Å². The normalized spacial score (nSPS) is 12.1. The molecular weight excluding hydrogens is 453 g/mol. The van der Waals surface area contributed by atoms with Crippen LogP contribution in [0.15, 0.2) is 67.5 Å². The highest BCUT2D eigenvalue weighted by Crippen LogP contribution is 2.33. The Morgan fingerprint density at radius 1 is 1.14 bits per heavy atom. The van der Waals surface area contributed by atoms with E-state index in [2.05, 4.69) is 29.9 Å². The maximum Gasteiger partial charge on any atom is 0.439 e. The minimum absolute atomic E-state index is 0.183. The van der Waals surface area contributed by atoms with Gasteiger partial charge in [-0.15, -0.1) is 0 Å². The molecule has 1 atom stereocenters. The zero-order valence-electron chi connectivity index (χ0n) is 19.0. The van der Waals surface area contributed by atoms with Crippen molar-refractivity contribution in [2.45, 2.75) is 26.8 Å². The molecule has 4 aromatic heterocycles. The van der Waals surface area contributed by atoms with E-state index in [1.54, 1.807) is 31.3 Å². The number of aromatic nitrogens is 4. The maximum atomic E-state index is 13.8. The van der Waals surface area contributed by atoms with E-state index in [9.17, 15) is 14.0 Å². The van der Waals surface area contributed by atoms with Crippen LogP contribution in [0.4, 0.5) is 10.1 Å². The molecule has 9 nitrogen and oxygen atoms in total. The zero-order chi connectivity index (χ0) is 24.7. The van der Waals surface area contributed by atoms with E-state index in [0.717, 1.165) is 11.8 Å². The summed E-state index contributed by atoms with van der Waals surface area (Å²) in [5.41, 5.74) is 3.49. The van der Waals surface area contributed by atoms with Crippen molar-refractivity contribution >= 4 is 16.7 Å². The van der Waals surface area contributed by atoms with Crippen LogP contribution in [-0.2, 0) is 0 Å². The smallest absolute Gasteiger partial charge is 0.439 e. The lowest BCUT2D eigenvalue weighted by atomic mass is 9.99. The van der Waals surface area contributed by atoms with Gasteiger partial charge in [0, 0.05) is 29.1 Å². The molecule has 0 aliphatic carbocycles. The molecule has 0 unspecified atom stereocenters. The third-order valence-electron chi connectivity index (χ3n) is 5.67. The average molecular weight is 473 g/mol. The summed E-state index contributed by atoms with van der Waals surface area (Å²) in [7, 11) is 0. The fourth-order valence-corrected chi connectivity index (χ4v) is 4.05. The van der Waals surface area contributed by atoms with Gasteiger partial charge in [-0.25, -0.2) is 9.18 Å². The van der Waals surface area contributed by atoms with E-state index in [1.807, 2.05) is 19.9 Å². The fourth-order valence-electron chi connectivity index (χ4n) is 4.05. The van der Waals surface area contributed by atoms with Crippen LogP contribution < -0.4 is 16.5 Å². The molecule has 5 aromatic rings. The fraction of sp³-hybridized carbons (Fsp3) is 0.160. The number of rotatable bonds is 5. The van der Waals surface area contributed by atoms with Gasteiger partial charge in [-0.3, -0.25) is 24.3 Å². The summed E-state index contributed by atoms with van der Waals surface area (Å²) >= 11 is 0. The third kappa shape index (κ3) is 4.10. The first-order chi connectivity index (χ1) is 16.8. The molecule has 2 N–H and O–H groups in total. The predicted molar refractivity (Wildman–Crippen MR) is 128 cm³/mol. The molecule has 0 aliphatic heterocycles. The molecule has 0 amide bonds. The van der Waals surface area contributed by atoms with Crippen molar-refractivity contribution in [3.8, 4) is 22.8 Å². The number of anilines is 1. The quantitative estimate of drug-likeness (QED) is 0.381. The van der Waals surface area contributed by atoms with Gasteiger partial charge in [0.05, 0.1) is 23.3 Å². The monoisotopic (exact) mass is 473 g/mol. The molecule has 35 heavy (non-hydrogen) atoms. The number of pyridine rings is 2. The van der Waals surface area contributed by atoms with E-state index in [1.165, 1.54) is 12.3 Å². The van der Waals surface area contributed by atoms with Gasteiger partial charge < -0.3 is 9.73 Å². The molecule has 0 saturated heterocycles. The number of H-pyrrole nitrogens is 1. The van der Waals surface area contributed by atoms with Crippen molar-refractivity contribution in [2.24, 2.45) is 0 Å². The highest BCUT2D eigenvalue weighted by Gasteiger charge is 2.21. The van der Waals surface area contributed by atoms with E-state index < -0.39 is 11.6 Å². The van der Waals surface area contributed by atoms with Gasteiger partial charge in [-0.1, -0.05) is 11.2 Å². The van der Waals surface area contributed by atoms with Crippen LogP contribution >= 0.6 is 0 Å². The highest BCUT2D eigenvalue weighted by molar-refractivity contribution is 5.84. The van der Waals surface area contributed by atoms with E-state index >= 15 is 0 Å². The standard InChI is InChI=1S/C25H20FN5O4/c1-12-7-17(14(3)29-19-5-4-6-28-20(19)24-30-25(33)35-31-24)23-18(8-12)21(32)13(2)22(34-23)15-9-16(26)11-27-10-15/h4-11,14,29H,1-3H3,(H,30,31,33)/t14-/m1/s1. The van der Waals surface area contributed by atoms with Crippen LogP contribution in [-0.4, -0.2) is 20.1 Å². The van der Waals surface area contributed by atoms with E-state index in [4.69, 9.17) is 4.42 Å². The Morgan fingerprint density at radius 2 is 1.97 bits per heavy atom. The lowest BCUT2D eigenvalue weighted by Crippen LogP contribution is -2.13. The maximum absolute atomic E-state index is 13.8. The Balaban J connectivity index is 1.64. The molecule has 10 heteroatoms. The predicted octanol–water partition coefficient (Wildman–Crippen LogP) is 4.52. The minimum Gasteiger partial charge on any atom is -0.455 e. The SMILES string of the molecule is Cc1cc([C@@H](C)Nc2cccnc2-c2noc(=O)[nH]2)c2oc(-c3cncc(F)c3)c(C)c(=O)c2c1. The molecule has 4 heterocycles. The molecule has 1 aromatic carbocycles. The lowest BCUT2D eigenvalue weighted by molar-refractivity contribution is 0.388. The first kappa shape index (κ1) is 22.2. The number of nitrogens with one attached hydrogen (secondary N) is 2. The molecule has 0 bridgehead atoms. The van der Waals surface area contributed by atoms with Gasteiger partial charge in [0.15, 0.2) is 5.43 Å². The number of hydrogen-bond acceptors (Lipinski definition) is 8. The van der Waals surface area contributed by atoms with E-state index in [-0.39, 0.29) is 23.1 Å². The summed E-state index contributed by atoms with van der Waals surface area (Å²) in [6.07, 6.45) is 4.12. The van der Waals surface area contributed by atoms with Gasteiger partial charge >= 0.3 is 5.76 Å². The first-order valence-corrected chi connectivity index (χ1v) is 10.8. The highest BCUT2D eigenvalue weighted by atomic mass is 19.1. The second-order valence-electron chi connectivity index (χ2n) is 8.22. The summed E-state index contributed by atoms with van der Waals surface area (Å²) < 4.78 is 24.7.